The largest absolute Gasteiger partial charge is 0.349 e. The summed E-state index contributed by atoms with van der Waals surface area (Å²) in [6, 6.07) is 10.2. The Hall–Kier alpha value is -2.39. The number of nitrogens with zero attached hydrogens (tertiary/aromatic N) is 1. The molecule has 0 spiro atoms. The number of carbonyl (C=O) groups excluding carboxylic acids is 2. The van der Waals surface area contributed by atoms with Crippen LogP contribution in [0.25, 0.3) is 0 Å². The number of thiophene rings is 1. The van der Waals surface area contributed by atoms with Gasteiger partial charge in [0.2, 0.25) is 15.9 Å². The molecule has 0 bridgehead atoms. The summed E-state index contributed by atoms with van der Waals surface area (Å²) in [4.78, 5) is 27.7. The molecular weight excluding hydrogens is 398 g/mol. The first-order valence-corrected chi connectivity index (χ1v) is 11.8. The van der Waals surface area contributed by atoms with Crippen LogP contribution in [-0.4, -0.2) is 50.5 Å². The van der Waals surface area contributed by atoms with Crippen molar-refractivity contribution in [1.82, 2.24) is 10.2 Å². The van der Waals surface area contributed by atoms with E-state index in [-0.39, 0.29) is 17.9 Å². The number of carbonyl (C=O) groups is 2. The highest BCUT2D eigenvalue weighted by molar-refractivity contribution is 7.92. The Morgan fingerprint density at radius 1 is 1.14 bits per heavy atom. The summed E-state index contributed by atoms with van der Waals surface area (Å²) in [6.45, 7) is 1.26. The second-order valence-corrected chi connectivity index (χ2v) is 9.62. The van der Waals surface area contributed by atoms with Crippen molar-refractivity contribution in [3.8, 4) is 0 Å². The molecular formula is C19H23N3O4S2. The van der Waals surface area contributed by atoms with Crippen LogP contribution in [-0.2, 0) is 21.2 Å². The van der Waals surface area contributed by atoms with E-state index in [0.29, 0.717) is 30.8 Å². The summed E-state index contributed by atoms with van der Waals surface area (Å²) >= 11 is 1.58. The highest BCUT2D eigenvalue weighted by Crippen LogP contribution is 2.16. The SMILES string of the molecule is CS(=O)(=O)Nc1ccc(C(=O)NC2CCN(C(=O)Cc3cccs3)CC2)cc1. The predicted molar refractivity (Wildman–Crippen MR) is 110 cm³/mol. The number of anilines is 1. The number of hydrogen-bond donors (Lipinski definition) is 2. The van der Waals surface area contributed by atoms with Crippen molar-refractivity contribution in [1.29, 1.82) is 0 Å². The number of amides is 2. The Morgan fingerprint density at radius 2 is 1.82 bits per heavy atom. The van der Waals surface area contributed by atoms with Gasteiger partial charge in [-0.1, -0.05) is 6.07 Å². The molecule has 3 rings (SSSR count). The minimum atomic E-state index is -3.34. The average Bonchev–Trinajstić information content (AvgIpc) is 3.14. The van der Waals surface area contributed by atoms with Gasteiger partial charge in [0.05, 0.1) is 12.7 Å². The van der Waals surface area contributed by atoms with Crippen molar-refractivity contribution in [2.75, 3.05) is 24.1 Å². The van der Waals surface area contributed by atoms with Crippen LogP contribution < -0.4 is 10.0 Å². The van der Waals surface area contributed by atoms with E-state index in [9.17, 15) is 18.0 Å². The van der Waals surface area contributed by atoms with Crippen LogP contribution in [0.3, 0.4) is 0 Å². The molecule has 0 atom stereocenters. The Balaban J connectivity index is 1.47. The summed E-state index contributed by atoms with van der Waals surface area (Å²) < 4.78 is 24.8. The van der Waals surface area contributed by atoms with Crippen LogP contribution in [0.5, 0.6) is 0 Å². The number of sulfonamides is 1. The number of piperidine rings is 1. The third-order valence-electron chi connectivity index (χ3n) is 4.54. The number of hydrogen-bond acceptors (Lipinski definition) is 5. The smallest absolute Gasteiger partial charge is 0.251 e. The maximum atomic E-state index is 12.4. The molecule has 2 amide bonds. The molecule has 1 fully saturated rings. The van der Waals surface area contributed by atoms with Crippen LogP contribution in [0.15, 0.2) is 41.8 Å². The van der Waals surface area contributed by atoms with Gasteiger partial charge in [-0.15, -0.1) is 11.3 Å². The summed E-state index contributed by atoms with van der Waals surface area (Å²) in [6.07, 6.45) is 2.94. The Labute approximate surface area is 168 Å². The predicted octanol–water partition coefficient (Wildman–Crippen LogP) is 2.08. The maximum Gasteiger partial charge on any atom is 0.251 e. The van der Waals surface area contributed by atoms with E-state index in [1.165, 1.54) is 0 Å². The topological polar surface area (TPSA) is 95.6 Å². The van der Waals surface area contributed by atoms with Crippen molar-refractivity contribution < 1.29 is 18.0 Å². The molecule has 1 saturated heterocycles. The number of rotatable bonds is 6. The zero-order valence-electron chi connectivity index (χ0n) is 15.6. The van der Waals surface area contributed by atoms with E-state index in [4.69, 9.17) is 0 Å². The third-order valence-corrected chi connectivity index (χ3v) is 6.02. The van der Waals surface area contributed by atoms with E-state index in [1.807, 2.05) is 22.4 Å². The molecule has 2 N–H and O–H groups in total. The lowest BCUT2D eigenvalue weighted by Gasteiger charge is -2.32. The fourth-order valence-corrected chi connectivity index (χ4v) is 4.38. The first-order chi connectivity index (χ1) is 13.3. The molecule has 0 aliphatic carbocycles. The van der Waals surface area contributed by atoms with Crippen LogP contribution >= 0.6 is 11.3 Å². The van der Waals surface area contributed by atoms with E-state index in [2.05, 4.69) is 10.0 Å². The van der Waals surface area contributed by atoms with Gasteiger partial charge in [0.1, 0.15) is 0 Å². The third kappa shape index (κ3) is 5.80. The van der Waals surface area contributed by atoms with E-state index in [0.717, 1.165) is 24.0 Å². The molecule has 2 aromatic rings. The van der Waals surface area contributed by atoms with Crippen LogP contribution in [0.4, 0.5) is 5.69 Å². The fraction of sp³-hybridized carbons (Fsp3) is 0.368. The van der Waals surface area contributed by atoms with Gasteiger partial charge in [0, 0.05) is 35.3 Å². The molecule has 1 aliphatic rings. The van der Waals surface area contributed by atoms with E-state index < -0.39 is 10.0 Å². The molecule has 7 nitrogen and oxygen atoms in total. The average molecular weight is 422 g/mol. The highest BCUT2D eigenvalue weighted by atomic mass is 32.2. The van der Waals surface area contributed by atoms with Gasteiger partial charge in [-0.2, -0.15) is 0 Å². The standard InChI is InChI=1S/C19H23N3O4S2/c1-28(25,26)21-16-6-4-14(5-7-16)19(24)20-15-8-10-22(11-9-15)18(23)13-17-3-2-12-27-17/h2-7,12,15,21H,8-11,13H2,1H3,(H,20,24). The van der Waals surface area contributed by atoms with E-state index >= 15 is 0 Å². The minimum absolute atomic E-state index is 0.0205. The lowest BCUT2D eigenvalue weighted by molar-refractivity contribution is -0.131. The summed E-state index contributed by atoms with van der Waals surface area (Å²) in [5, 5.41) is 4.96. The zero-order chi connectivity index (χ0) is 20.1. The van der Waals surface area contributed by atoms with Gasteiger partial charge in [-0.25, -0.2) is 8.42 Å². The van der Waals surface area contributed by atoms with Crippen LogP contribution in [0.2, 0.25) is 0 Å². The quantitative estimate of drug-likeness (QED) is 0.747. The van der Waals surface area contributed by atoms with Crippen molar-refractivity contribution in [3.63, 3.8) is 0 Å². The maximum absolute atomic E-state index is 12.4. The van der Waals surface area contributed by atoms with Gasteiger partial charge in [-0.05, 0) is 48.6 Å². The molecule has 2 heterocycles. The zero-order valence-corrected chi connectivity index (χ0v) is 17.2. The van der Waals surface area contributed by atoms with Gasteiger partial charge in [0.15, 0.2) is 0 Å². The lowest BCUT2D eigenvalue weighted by Crippen LogP contribution is -2.46. The van der Waals surface area contributed by atoms with Gasteiger partial charge < -0.3 is 10.2 Å². The first-order valence-electron chi connectivity index (χ1n) is 8.99. The lowest BCUT2D eigenvalue weighted by atomic mass is 10.0. The van der Waals surface area contributed by atoms with Crippen molar-refractivity contribution in [2.24, 2.45) is 0 Å². The van der Waals surface area contributed by atoms with Gasteiger partial charge in [0.25, 0.3) is 5.91 Å². The number of nitrogens with one attached hydrogen (secondary N) is 2. The monoisotopic (exact) mass is 421 g/mol. The number of likely N-dealkylation sites (tertiary alicyclic amines) is 1. The summed E-state index contributed by atoms with van der Waals surface area (Å²) in [5.41, 5.74) is 0.881. The van der Waals surface area contributed by atoms with Crippen molar-refractivity contribution in [2.45, 2.75) is 25.3 Å². The fourth-order valence-electron chi connectivity index (χ4n) is 3.12. The second kappa shape index (κ2) is 8.74. The molecule has 150 valence electrons. The summed E-state index contributed by atoms with van der Waals surface area (Å²) in [5.74, 6) is -0.0736. The molecule has 28 heavy (non-hydrogen) atoms. The normalized spacial score (nSPS) is 15.2. The molecule has 0 unspecified atom stereocenters. The molecule has 0 radical (unpaired) electrons. The Bertz CT molecular complexity index is 917. The number of benzene rings is 1. The van der Waals surface area contributed by atoms with Crippen LogP contribution in [0.1, 0.15) is 28.1 Å². The molecule has 1 aromatic carbocycles. The van der Waals surface area contributed by atoms with Crippen molar-refractivity contribution >= 4 is 38.9 Å². The van der Waals surface area contributed by atoms with Gasteiger partial charge >= 0.3 is 0 Å². The summed E-state index contributed by atoms with van der Waals surface area (Å²) in [7, 11) is -3.34. The van der Waals surface area contributed by atoms with Crippen LogP contribution in [0, 0.1) is 0 Å². The molecule has 1 aliphatic heterocycles. The highest BCUT2D eigenvalue weighted by Gasteiger charge is 2.24. The van der Waals surface area contributed by atoms with E-state index in [1.54, 1.807) is 35.6 Å². The van der Waals surface area contributed by atoms with Gasteiger partial charge in [-0.3, -0.25) is 14.3 Å². The molecule has 0 saturated carbocycles. The second-order valence-electron chi connectivity index (χ2n) is 6.84. The Morgan fingerprint density at radius 3 is 2.39 bits per heavy atom. The molecule has 9 heteroatoms. The first kappa shape index (κ1) is 20.3. The minimum Gasteiger partial charge on any atom is -0.349 e. The Kier molecular flexibility index (Phi) is 6.35. The van der Waals surface area contributed by atoms with Crippen molar-refractivity contribution in [3.05, 3.63) is 52.2 Å². The molecule has 1 aromatic heterocycles.